The summed E-state index contributed by atoms with van der Waals surface area (Å²) in [6.45, 7) is 2.20. The van der Waals surface area contributed by atoms with Gasteiger partial charge in [0, 0.05) is 12.1 Å². The van der Waals surface area contributed by atoms with E-state index in [9.17, 15) is 19.5 Å². The standard InChI is InChI=1S/C19H19N3O5/c1-2-20-17(23)18(24)22-21-11-14-8-9-16(15(10-14)19(25)26)27-12-13-6-4-3-5-7-13/h3-11H,2,12H2,1H3,(H,20,23)(H,22,24)(H,25,26)/p-1/b21-11-. The fraction of sp³-hybridized carbons (Fsp3) is 0.158. The lowest BCUT2D eigenvalue weighted by Gasteiger charge is -2.13. The van der Waals surface area contributed by atoms with Crippen molar-refractivity contribution >= 4 is 24.0 Å². The third-order valence-electron chi connectivity index (χ3n) is 3.38. The number of hydrogen-bond acceptors (Lipinski definition) is 6. The Kier molecular flexibility index (Phi) is 7.07. The van der Waals surface area contributed by atoms with E-state index in [4.69, 9.17) is 4.74 Å². The molecule has 8 heteroatoms. The summed E-state index contributed by atoms with van der Waals surface area (Å²) in [6.07, 6.45) is 1.21. The minimum Gasteiger partial charge on any atom is -0.545 e. The van der Waals surface area contributed by atoms with Crippen molar-refractivity contribution in [2.24, 2.45) is 5.10 Å². The van der Waals surface area contributed by atoms with Gasteiger partial charge >= 0.3 is 11.8 Å². The number of carbonyl (C=O) groups excluding carboxylic acids is 3. The average Bonchev–Trinajstić information content (AvgIpc) is 2.67. The molecule has 2 aromatic rings. The Morgan fingerprint density at radius 2 is 1.85 bits per heavy atom. The van der Waals surface area contributed by atoms with Gasteiger partial charge in [0.25, 0.3) is 0 Å². The predicted octanol–water partition coefficient (Wildman–Crippen LogP) is 0.215. The summed E-state index contributed by atoms with van der Waals surface area (Å²) in [6, 6.07) is 13.6. The third-order valence-corrected chi connectivity index (χ3v) is 3.38. The number of rotatable bonds is 7. The van der Waals surface area contributed by atoms with Crippen LogP contribution in [-0.4, -0.2) is 30.5 Å². The Labute approximate surface area is 155 Å². The van der Waals surface area contributed by atoms with Crippen molar-refractivity contribution in [2.45, 2.75) is 13.5 Å². The maximum absolute atomic E-state index is 11.4. The molecule has 0 bridgehead atoms. The van der Waals surface area contributed by atoms with E-state index in [1.54, 1.807) is 13.0 Å². The van der Waals surface area contributed by atoms with Crippen molar-refractivity contribution in [1.29, 1.82) is 0 Å². The van der Waals surface area contributed by atoms with Crippen LogP contribution in [0.15, 0.2) is 53.6 Å². The number of aromatic carboxylic acids is 1. The van der Waals surface area contributed by atoms with E-state index in [0.29, 0.717) is 12.1 Å². The largest absolute Gasteiger partial charge is 0.545 e. The Hall–Kier alpha value is -3.68. The minimum absolute atomic E-state index is 0.148. The molecule has 2 N–H and O–H groups in total. The topological polar surface area (TPSA) is 120 Å². The molecule has 0 aliphatic carbocycles. The molecule has 0 unspecified atom stereocenters. The third kappa shape index (κ3) is 5.96. The highest BCUT2D eigenvalue weighted by Gasteiger charge is 2.10. The van der Waals surface area contributed by atoms with Gasteiger partial charge in [0.15, 0.2) is 0 Å². The van der Waals surface area contributed by atoms with Crippen LogP contribution in [0.1, 0.15) is 28.4 Å². The highest BCUT2D eigenvalue weighted by molar-refractivity contribution is 6.35. The van der Waals surface area contributed by atoms with Gasteiger partial charge < -0.3 is 20.0 Å². The molecular formula is C19H18N3O5-. The molecule has 8 nitrogen and oxygen atoms in total. The van der Waals surface area contributed by atoms with E-state index in [1.807, 2.05) is 35.8 Å². The van der Waals surface area contributed by atoms with E-state index >= 15 is 0 Å². The van der Waals surface area contributed by atoms with Gasteiger partial charge in [-0.25, -0.2) is 5.43 Å². The van der Waals surface area contributed by atoms with Gasteiger partial charge in [-0.2, -0.15) is 5.10 Å². The number of carboxylic acid groups (broad SMARTS) is 1. The van der Waals surface area contributed by atoms with Gasteiger partial charge in [-0.05, 0) is 36.2 Å². The molecule has 140 valence electrons. The van der Waals surface area contributed by atoms with Gasteiger partial charge in [-0.15, -0.1) is 0 Å². The quantitative estimate of drug-likeness (QED) is 0.411. The number of nitrogens with one attached hydrogen (secondary N) is 2. The van der Waals surface area contributed by atoms with Crippen LogP contribution in [0, 0.1) is 0 Å². The van der Waals surface area contributed by atoms with E-state index in [1.165, 1.54) is 18.3 Å². The van der Waals surface area contributed by atoms with Crippen molar-refractivity contribution in [1.82, 2.24) is 10.7 Å². The number of carbonyl (C=O) groups is 3. The summed E-state index contributed by atoms with van der Waals surface area (Å²) >= 11 is 0. The van der Waals surface area contributed by atoms with Gasteiger partial charge in [0.05, 0.1) is 12.2 Å². The van der Waals surface area contributed by atoms with E-state index < -0.39 is 17.8 Å². The normalized spacial score (nSPS) is 10.4. The lowest BCUT2D eigenvalue weighted by molar-refractivity contribution is -0.255. The summed E-state index contributed by atoms with van der Waals surface area (Å²) in [5.41, 5.74) is 3.18. The second-order valence-electron chi connectivity index (χ2n) is 5.38. The zero-order valence-electron chi connectivity index (χ0n) is 14.6. The van der Waals surface area contributed by atoms with Crippen LogP contribution in [0.4, 0.5) is 0 Å². The molecule has 0 atom stereocenters. The molecule has 0 fully saturated rings. The van der Waals surface area contributed by atoms with Crippen molar-refractivity contribution in [2.75, 3.05) is 6.54 Å². The zero-order chi connectivity index (χ0) is 19.6. The van der Waals surface area contributed by atoms with Crippen molar-refractivity contribution in [3.63, 3.8) is 0 Å². The summed E-state index contributed by atoms with van der Waals surface area (Å²) in [7, 11) is 0. The number of hydrogen-bond donors (Lipinski definition) is 2. The summed E-state index contributed by atoms with van der Waals surface area (Å²) in [5.74, 6) is -2.98. The number of nitrogens with zero attached hydrogens (tertiary/aromatic N) is 1. The fourth-order valence-corrected chi connectivity index (χ4v) is 2.11. The second-order valence-corrected chi connectivity index (χ2v) is 5.38. The number of ether oxygens (including phenoxy) is 1. The molecule has 0 saturated heterocycles. The molecule has 2 amide bonds. The molecule has 0 spiro atoms. The van der Waals surface area contributed by atoms with Gasteiger partial charge in [0.1, 0.15) is 12.4 Å². The highest BCUT2D eigenvalue weighted by Crippen LogP contribution is 2.20. The summed E-state index contributed by atoms with van der Waals surface area (Å²) < 4.78 is 5.55. The number of likely N-dealkylation sites (N-methyl/N-ethyl adjacent to an activating group) is 1. The fourth-order valence-electron chi connectivity index (χ4n) is 2.11. The summed E-state index contributed by atoms with van der Waals surface area (Å²) in [4.78, 5) is 34.0. The van der Waals surface area contributed by atoms with Crippen molar-refractivity contribution < 1.29 is 24.2 Å². The van der Waals surface area contributed by atoms with Crippen LogP contribution >= 0.6 is 0 Å². The Morgan fingerprint density at radius 1 is 1.11 bits per heavy atom. The first-order valence-corrected chi connectivity index (χ1v) is 8.14. The number of hydrazone groups is 1. The maximum Gasteiger partial charge on any atom is 0.329 e. The predicted molar refractivity (Wildman–Crippen MR) is 96.0 cm³/mol. The molecule has 0 aliphatic rings. The molecule has 0 aromatic heterocycles. The zero-order valence-corrected chi connectivity index (χ0v) is 14.6. The van der Waals surface area contributed by atoms with Gasteiger partial charge in [0.2, 0.25) is 0 Å². The van der Waals surface area contributed by atoms with Crippen molar-refractivity contribution in [3.05, 3.63) is 65.2 Å². The van der Waals surface area contributed by atoms with Crippen LogP contribution in [0.5, 0.6) is 5.75 Å². The first-order chi connectivity index (χ1) is 13.0. The smallest absolute Gasteiger partial charge is 0.329 e. The number of amides is 2. The van der Waals surface area contributed by atoms with Crippen LogP contribution in [0.2, 0.25) is 0 Å². The Bertz CT molecular complexity index is 850. The monoisotopic (exact) mass is 368 g/mol. The van der Waals surface area contributed by atoms with Crippen LogP contribution in [-0.2, 0) is 16.2 Å². The molecule has 2 rings (SSSR count). The minimum atomic E-state index is -1.40. The average molecular weight is 368 g/mol. The van der Waals surface area contributed by atoms with Crippen LogP contribution < -0.4 is 20.6 Å². The van der Waals surface area contributed by atoms with Crippen LogP contribution in [0.3, 0.4) is 0 Å². The second kappa shape index (κ2) is 9.71. The Morgan fingerprint density at radius 3 is 2.52 bits per heavy atom. The van der Waals surface area contributed by atoms with Crippen molar-refractivity contribution in [3.8, 4) is 5.75 Å². The number of benzene rings is 2. The lowest BCUT2D eigenvalue weighted by Crippen LogP contribution is -2.37. The molecule has 2 aromatic carbocycles. The molecule has 0 aliphatic heterocycles. The van der Waals surface area contributed by atoms with Gasteiger partial charge in [-0.1, -0.05) is 30.3 Å². The molecule has 27 heavy (non-hydrogen) atoms. The molecule has 0 heterocycles. The first kappa shape index (κ1) is 19.6. The highest BCUT2D eigenvalue weighted by atomic mass is 16.5. The molecule has 0 saturated carbocycles. The van der Waals surface area contributed by atoms with E-state index in [0.717, 1.165) is 5.56 Å². The SMILES string of the molecule is CCNC(=O)C(=O)N/N=C\c1ccc(OCc2ccccc2)c(C(=O)[O-])c1. The maximum atomic E-state index is 11.4. The molecular weight excluding hydrogens is 350 g/mol. The van der Waals surface area contributed by atoms with E-state index in [-0.39, 0.29) is 17.9 Å². The Balaban J connectivity index is 2.06. The van der Waals surface area contributed by atoms with Crippen LogP contribution in [0.25, 0.3) is 0 Å². The summed E-state index contributed by atoms with van der Waals surface area (Å²) in [5, 5.41) is 17.3. The van der Waals surface area contributed by atoms with E-state index in [2.05, 4.69) is 10.4 Å². The number of carboxylic acids is 1. The lowest BCUT2D eigenvalue weighted by atomic mass is 10.1. The van der Waals surface area contributed by atoms with Gasteiger partial charge in [-0.3, -0.25) is 9.59 Å². The molecule has 0 radical (unpaired) electrons. The first-order valence-electron chi connectivity index (χ1n) is 8.14.